The van der Waals surface area contributed by atoms with Crippen molar-refractivity contribution < 1.29 is 23.8 Å². The smallest absolute Gasteiger partial charge is 0.323 e. The maximum Gasteiger partial charge on any atom is 0.323 e. The number of carbonyl (C=O) groups is 2. The van der Waals surface area contributed by atoms with E-state index in [0.717, 1.165) is 11.1 Å². The molecule has 1 aliphatic heterocycles. The number of ether oxygens (including phenoxy) is 3. The number of rotatable bonds is 6. The summed E-state index contributed by atoms with van der Waals surface area (Å²) in [6.45, 7) is 11.7. The van der Waals surface area contributed by atoms with Crippen molar-refractivity contribution >= 4 is 18.2 Å². The molecule has 2 aliphatic rings. The Morgan fingerprint density at radius 3 is 2.24 bits per heavy atom. The Hall–Kier alpha value is -2.47. The van der Waals surface area contributed by atoms with Gasteiger partial charge in [0.15, 0.2) is 11.1 Å². The lowest BCUT2D eigenvalue weighted by Gasteiger charge is -2.39. The second kappa shape index (κ2) is 7.75. The topological polar surface area (TPSA) is 74.2 Å². The van der Waals surface area contributed by atoms with Crippen molar-refractivity contribution in [2.24, 2.45) is 15.8 Å². The van der Waals surface area contributed by atoms with Crippen LogP contribution in [0, 0.1) is 10.8 Å². The fourth-order valence-corrected chi connectivity index (χ4v) is 4.42. The molecule has 6 heteroatoms. The van der Waals surface area contributed by atoms with Gasteiger partial charge in [-0.3, -0.25) is 14.6 Å². The zero-order valence-corrected chi connectivity index (χ0v) is 17.6. The van der Waals surface area contributed by atoms with E-state index in [0.29, 0.717) is 0 Å². The molecule has 3 rings (SSSR count). The molecule has 1 spiro atoms. The van der Waals surface area contributed by atoms with Crippen LogP contribution >= 0.6 is 0 Å². The zero-order valence-electron chi connectivity index (χ0n) is 17.6. The molecule has 1 fully saturated rings. The van der Waals surface area contributed by atoms with E-state index >= 15 is 0 Å². The Morgan fingerprint density at radius 1 is 1.14 bits per heavy atom. The van der Waals surface area contributed by atoms with Crippen molar-refractivity contribution in [3.8, 4) is 0 Å². The predicted molar refractivity (Wildman–Crippen MR) is 109 cm³/mol. The van der Waals surface area contributed by atoms with Gasteiger partial charge in [0.25, 0.3) is 0 Å². The number of carbonyl (C=O) groups excluding carboxylic acids is 2. The fourth-order valence-electron chi connectivity index (χ4n) is 4.42. The molecule has 0 saturated heterocycles. The number of aliphatic imine (C=N–C) groups is 1. The van der Waals surface area contributed by atoms with Gasteiger partial charge in [-0.15, -0.1) is 0 Å². The quantitative estimate of drug-likeness (QED) is 0.410. The summed E-state index contributed by atoms with van der Waals surface area (Å²) in [5, 5.41) is 0. The molecule has 0 aromatic heterocycles. The predicted octanol–water partition coefficient (Wildman–Crippen LogP) is 4.01. The Morgan fingerprint density at radius 2 is 1.72 bits per heavy atom. The normalized spacial score (nSPS) is 29.7. The third-order valence-electron chi connectivity index (χ3n) is 6.20. The largest absolute Gasteiger partial charge is 0.465 e. The minimum Gasteiger partial charge on any atom is -0.465 e. The van der Waals surface area contributed by atoms with Crippen molar-refractivity contribution in [3.05, 3.63) is 48.0 Å². The summed E-state index contributed by atoms with van der Waals surface area (Å²) < 4.78 is 17.1. The molecule has 6 nitrogen and oxygen atoms in total. The monoisotopic (exact) mass is 399 g/mol. The molecule has 0 bridgehead atoms. The van der Waals surface area contributed by atoms with Gasteiger partial charge in [0.2, 0.25) is 0 Å². The van der Waals surface area contributed by atoms with Gasteiger partial charge in [-0.1, -0.05) is 49.4 Å². The highest BCUT2D eigenvalue weighted by Gasteiger charge is 2.71. The van der Waals surface area contributed by atoms with Gasteiger partial charge in [-0.05, 0) is 32.8 Å². The number of esters is 2. The van der Waals surface area contributed by atoms with Gasteiger partial charge in [0, 0.05) is 18.1 Å². The number of hydrogen-bond donors (Lipinski definition) is 0. The first-order chi connectivity index (χ1) is 13.7. The summed E-state index contributed by atoms with van der Waals surface area (Å²) in [6, 6.07) is 9.74. The second-order valence-electron chi connectivity index (χ2n) is 8.00. The standard InChI is InChI=1S/C23H29NO5/c1-6-27-19(25)22(20(26)28-7-2)14-21(5,16(3)4)23(15-22)24-13-18(29-23)17-11-9-8-10-12-17/h8-13,18H,3,6-7,14-15H2,1-2,4-5H3/t18-,21+,23+/m0/s1. The maximum atomic E-state index is 13.0. The van der Waals surface area contributed by atoms with E-state index in [1.165, 1.54) is 0 Å². The SMILES string of the molecule is C=C(C)[C@@]1(C)CC(C(=O)OCC)(C(=O)OCC)C[C@]12N=C[C@@H](c1ccccc1)O2. The van der Waals surface area contributed by atoms with E-state index in [9.17, 15) is 9.59 Å². The van der Waals surface area contributed by atoms with Crippen LogP contribution in [0.15, 0.2) is 47.5 Å². The van der Waals surface area contributed by atoms with E-state index in [1.54, 1.807) is 20.1 Å². The first-order valence-corrected chi connectivity index (χ1v) is 10.0. The summed E-state index contributed by atoms with van der Waals surface area (Å²) in [5.74, 6) is -1.19. The molecule has 0 unspecified atom stereocenters. The van der Waals surface area contributed by atoms with Crippen molar-refractivity contribution in [2.45, 2.75) is 52.4 Å². The van der Waals surface area contributed by atoms with Gasteiger partial charge in [0.05, 0.1) is 13.2 Å². The van der Waals surface area contributed by atoms with Crippen molar-refractivity contribution in [2.75, 3.05) is 13.2 Å². The molecule has 29 heavy (non-hydrogen) atoms. The molecule has 1 aliphatic carbocycles. The van der Waals surface area contributed by atoms with Crippen LogP contribution in [0.25, 0.3) is 0 Å². The van der Waals surface area contributed by atoms with Crippen molar-refractivity contribution in [3.63, 3.8) is 0 Å². The number of nitrogens with zero attached hydrogens (tertiary/aromatic N) is 1. The third kappa shape index (κ3) is 3.29. The van der Waals surface area contributed by atoms with Gasteiger partial charge in [-0.25, -0.2) is 0 Å². The number of hydrogen-bond acceptors (Lipinski definition) is 6. The van der Waals surface area contributed by atoms with Crippen LogP contribution in [-0.2, 0) is 23.8 Å². The molecule has 0 radical (unpaired) electrons. The molecular weight excluding hydrogens is 370 g/mol. The Kier molecular flexibility index (Phi) is 5.68. The van der Waals surface area contributed by atoms with E-state index < -0.39 is 28.5 Å². The van der Waals surface area contributed by atoms with E-state index in [4.69, 9.17) is 19.2 Å². The molecule has 0 N–H and O–H groups in total. The van der Waals surface area contributed by atoms with Crippen LogP contribution in [-0.4, -0.2) is 37.1 Å². The lowest BCUT2D eigenvalue weighted by atomic mass is 9.74. The van der Waals surface area contributed by atoms with E-state index in [-0.39, 0.29) is 32.2 Å². The summed E-state index contributed by atoms with van der Waals surface area (Å²) >= 11 is 0. The zero-order chi connectivity index (χ0) is 21.3. The summed E-state index contributed by atoms with van der Waals surface area (Å²) in [4.78, 5) is 30.8. The molecule has 1 aromatic carbocycles. The minimum absolute atomic E-state index is 0.0564. The Balaban J connectivity index is 2.05. The van der Waals surface area contributed by atoms with Gasteiger partial charge < -0.3 is 14.2 Å². The lowest BCUT2D eigenvalue weighted by molar-refractivity contribution is -0.173. The van der Waals surface area contributed by atoms with Gasteiger partial charge in [0.1, 0.15) is 6.10 Å². The lowest BCUT2D eigenvalue weighted by Crippen LogP contribution is -2.42. The van der Waals surface area contributed by atoms with E-state index in [2.05, 4.69) is 6.58 Å². The average Bonchev–Trinajstić information content (AvgIpc) is 3.25. The van der Waals surface area contributed by atoms with Crippen LogP contribution in [0.1, 0.15) is 52.2 Å². The van der Waals surface area contributed by atoms with Gasteiger partial charge >= 0.3 is 11.9 Å². The molecule has 0 amide bonds. The van der Waals surface area contributed by atoms with Crippen LogP contribution in [0.2, 0.25) is 0 Å². The summed E-state index contributed by atoms with van der Waals surface area (Å²) in [6.07, 6.45) is 1.62. The molecule has 1 heterocycles. The van der Waals surface area contributed by atoms with Crippen LogP contribution < -0.4 is 0 Å². The molecule has 156 valence electrons. The Labute approximate surface area is 171 Å². The molecule has 3 atom stereocenters. The second-order valence-corrected chi connectivity index (χ2v) is 8.00. The molecular formula is C23H29NO5. The van der Waals surface area contributed by atoms with Crippen molar-refractivity contribution in [1.29, 1.82) is 0 Å². The third-order valence-corrected chi connectivity index (χ3v) is 6.20. The highest BCUT2D eigenvalue weighted by Crippen LogP contribution is 2.63. The summed E-state index contributed by atoms with van der Waals surface area (Å²) in [7, 11) is 0. The average molecular weight is 399 g/mol. The number of benzene rings is 1. The van der Waals surface area contributed by atoms with E-state index in [1.807, 2.05) is 44.2 Å². The first kappa shape index (κ1) is 21.2. The minimum atomic E-state index is -1.48. The maximum absolute atomic E-state index is 13.0. The fraction of sp³-hybridized carbons (Fsp3) is 0.522. The molecule has 1 saturated carbocycles. The van der Waals surface area contributed by atoms with Crippen molar-refractivity contribution in [1.82, 2.24) is 0 Å². The van der Waals surface area contributed by atoms with Crippen LogP contribution in [0.3, 0.4) is 0 Å². The highest BCUT2D eigenvalue weighted by atomic mass is 16.6. The highest BCUT2D eigenvalue weighted by molar-refractivity contribution is 6.01. The van der Waals surface area contributed by atoms with Gasteiger partial charge in [-0.2, -0.15) is 0 Å². The van der Waals surface area contributed by atoms with Crippen LogP contribution in [0.5, 0.6) is 0 Å². The summed E-state index contributed by atoms with van der Waals surface area (Å²) in [5.41, 5.74) is -1.57. The first-order valence-electron chi connectivity index (χ1n) is 10.0. The molecule has 1 aromatic rings. The Bertz CT molecular complexity index is 815. The van der Waals surface area contributed by atoms with Crippen LogP contribution in [0.4, 0.5) is 0 Å².